The minimum absolute atomic E-state index is 0.0424. The Morgan fingerprint density at radius 2 is 1.90 bits per heavy atom. The fourth-order valence-corrected chi connectivity index (χ4v) is 4.32. The summed E-state index contributed by atoms with van der Waals surface area (Å²) in [6.07, 6.45) is 0.282. The fraction of sp³-hybridized carbons (Fsp3) is 0.333. The zero-order chi connectivity index (χ0) is 21.8. The number of carbonyl (C=O) groups excluding carboxylic acids is 1. The summed E-state index contributed by atoms with van der Waals surface area (Å²) in [6.45, 7) is 6.68. The van der Waals surface area contributed by atoms with Crippen molar-refractivity contribution in [1.82, 2.24) is 9.88 Å². The van der Waals surface area contributed by atoms with E-state index in [0.29, 0.717) is 19.8 Å². The third-order valence-electron chi connectivity index (χ3n) is 5.07. The van der Waals surface area contributed by atoms with Gasteiger partial charge in [0.15, 0.2) is 11.5 Å². The van der Waals surface area contributed by atoms with Gasteiger partial charge >= 0.3 is 0 Å². The maximum atomic E-state index is 12.5. The number of amides is 1. The molecule has 1 aliphatic rings. The first-order valence-electron chi connectivity index (χ1n) is 10.3. The van der Waals surface area contributed by atoms with Crippen LogP contribution in [0.4, 0.5) is 5.69 Å². The van der Waals surface area contributed by atoms with E-state index in [1.54, 1.807) is 0 Å². The molecular formula is C24H27N3O3S. The molecule has 3 aromatic rings. The number of carbonyl (C=O) groups is 1. The van der Waals surface area contributed by atoms with Crippen LogP contribution in [0, 0.1) is 13.8 Å². The van der Waals surface area contributed by atoms with Crippen LogP contribution in [0.15, 0.2) is 41.8 Å². The van der Waals surface area contributed by atoms with Crippen LogP contribution < -0.4 is 14.8 Å². The molecule has 0 bridgehead atoms. The lowest BCUT2D eigenvalue weighted by Gasteiger charge is -2.20. The van der Waals surface area contributed by atoms with Crippen LogP contribution in [0.25, 0.3) is 0 Å². The minimum Gasteiger partial charge on any atom is -0.486 e. The Kier molecular flexibility index (Phi) is 6.53. The van der Waals surface area contributed by atoms with Gasteiger partial charge in [-0.3, -0.25) is 9.69 Å². The zero-order valence-electron chi connectivity index (χ0n) is 18.1. The average molecular weight is 438 g/mol. The van der Waals surface area contributed by atoms with E-state index in [4.69, 9.17) is 9.47 Å². The molecule has 31 heavy (non-hydrogen) atoms. The Balaban J connectivity index is 1.31. The molecule has 0 saturated heterocycles. The second-order valence-corrected chi connectivity index (χ2v) is 8.87. The van der Waals surface area contributed by atoms with Crippen molar-refractivity contribution in [2.45, 2.75) is 33.4 Å². The predicted octanol–water partition coefficient (Wildman–Crippen LogP) is 4.34. The van der Waals surface area contributed by atoms with Crippen molar-refractivity contribution >= 4 is 22.9 Å². The van der Waals surface area contributed by atoms with Gasteiger partial charge in [-0.1, -0.05) is 18.2 Å². The number of ether oxygens (including phenoxy) is 2. The zero-order valence-corrected chi connectivity index (χ0v) is 18.9. The molecule has 1 aromatic heterocycles. The molecule has 1 N–H and O–H groups in total. The largest absolute Gasteiger partial charge is 0.486 e. The molecule has 2 heterocycles. The standard InChI is InChI=1S/C24H27N3O3S/c1-16-4-5-17(2)20(10-16)26-23(28)12-24-25-19(15-31-24)14-27(3)13-18-6-7-21-22(11-18)30-9-8-29-21/h4-7,10-11,15H,8-9,12-14H2,1-3H3,(H,26,28). The molecule has 4 rings (SSSR count). The summed E-state index contributed by atoms with van der Waals surface area (Å²) in [6, 6.07) is 12.1. The number of aromatic nitrogens is 1. The second kappa shape index (κ2) is 9.49. The topological polar surface area (TPSA) is 63.7 Å². The van der Waals surface area contributed by atoms with Crippen molar-refractivity contribution in [3.63, 3.8) is 0 Å². The molecule has 0 fully saturated rings. The van der Waals surface area contributed by atoms with Gasteiger partial charge in [-0.15, -0.1) is 11.3 Å². The number of nitrogens with zero attached hydrogens (tertiary/aromatic N) is 2. The molecule has 2 aromatic carbocycles. The Morgan fingerprint density at radius 1 is 1.10 bits per heavy atom. The van der Waals surface area contributed by atoms with Crippen LogP contribution in [0.2, 0.25) is 0 Å². The molecule has 0 atom stereocenters. The van der Waals surface area contributed by atoms with E-state index in [0.717, 1.165) is 51.1 Å². The molecule has 0 aliphatic carbocycles. The Hall–Kier alpha value is -2.90. The van der Waals surface area contributed by atoms with E-state index in [2.05, 4.69) is 28.3 Å². The van der Waals surface area contributed by atoms with Crippen molar-refractivity contribution in [3.05, 3.63) is 69.2 Å². The molecule has 7 heteroatoms. The van der Waals surface area contributed by atoms with E-state index in [1.165, 1.54) is 11.3 Å². The molecule has 1 amide bonds. The summed E-state index contributed by atoms with van der Waals surface area (Å²) < 4.78 is 11.3. The van der Waals surface area contributed by atoms with Gasteiger partial charge in [-0.25, -0.2) is 4.98 Å². The number of nitrogens with one attached hydrogen (secondary N) is 1. The van der Waals surface area contributed by atoms with Gasteiger partial charge < -0.3 is 14.8 Å². The first-order chi connectivity index (χ1) is 15.0. The molecule has 0 unspecified atom stereocenters. The second-order valence-electron chi connectivity index (χ2n) is 7.93. The normalized spacial score (nSPS) is 12.8. The number of benzene rings is 2. The molecular weight excluding hydrogens is 410 g/mol. The maximum Gasteiger partial charge on any atom is 0.231 e. The number of anilines is 1. The molecule has 0 spiro atoms. The highest BCUT2D eigenvalue weighted by atomic mass is 32.1. The molecule has 0 radical (unpaired) electrons. The highest BCUT2D eigenvalue weighted by molar-refractivity contribution is 7.09. The van der Waals surface area contributed by atoms with Crippen LogP contribution in [0.3, 0.4) is 0 Å². The van der Waals surface area contributed by atoms with E-state index >= 15 is 0 Å². The highest BCUT2D eigenvalue weighted by Crippen LogP contribution is 2.31. The number of thiazole rings is 1. The monoisotopic (exact) mass is 437 g/mol. The van der Waals surface area contributed by atoms with E-state index in [1.807, 2.05) is 49.6 Å². The summed E-state index contributed by atoms with van der Waals surface area (Å²) in [5.74, 6) is 1.57. The van der Waals surface area contributed by atoms with Gasteiger partial charge in [0.2, 0.25) is 5.91 Å². The van der Waals surface area contributed by atoms with E-state index < -0.39 is 0 Å². The summed E-state index contributed by atoms with van der Waals surface area (Å²) in [7, 11) is 2.06. The highest BCUT2D eigenvalue weighted by Gasteiger charge is 2.14. The fourth-order valence-electron chi connectivity index (χ4n) is 3.54. The lowest BCUT2D eigenvalue weighted by atomic mass is 10.1. The van der Waals surface area contributed by atoms with Crippen molar-refractivity contribution in [1.29, 1.82) is 0 Å². The maximum absolute atomic E-state index is 12.5. The first kappa shape index (κ1) is 21.3. The SMILES string of the molecule is Cc1ccc(C)c(NC(=O)Cc2nc(CN(C)Cc3ccc4c(c3)OCCO4)cs2)c1. The lowest BCUT2D eigenvalue weighted by Crippen LogP contribution is -2.19. The van der Waals surface area contributed by atoms with Crippen LogP contribution in [-0.2, 0) is 24.3 Å². The Labute approximate surface area is 186 Å². The van der Waals surface area contributed by atoms with Crippen molar-refractivity contribution < 1.29 is 14.3 Å². The number of rotatable bonds is 7. The molecule has 162 valence electrons. The van der Waals surface area contributed by atoms with E-state index in [-0.39, 0.29) is 12.3 Å². The van der Waals surface area contributed by atoms with E-state index in [9.17, 15) is 4.79 Å². The number of hydrogen-bond acceptors (Lipinski definition) is 6. The smallest absolute Gasteiger partial charge is 0.231 e. The quantitative estimate of drug-likeness (QED) is 0.596. The van der Waals surface area contributed by atoms with Crippen LogP contribution in [0.1, 0.15) is 27.4 Å². The summed E-state index contributed by atoms with van der Waals surface area (Å²) in [5.41, 5.74) is 5.17. The summed E-state index contributed by atoms with van der Waals surface area (Å²) >= 11 is 1.53. The average Bonchev–Trinajstić information content (AvgIpc) is 3.17. The van der Waals surface area contributed by atoms with Gasteiger partial charge in [-0.2, -0.15) is 0 Å². The Morgan fingerprint density at radius 3 is 2.74 bits per heavy atom. The number of aryl methyl sites for hydroxylation is 2. The van der Waals surface area contributed by atoms with Gasteiger partial charge in [0, 0.05) is 24.2 Å². The first-order valence-corrected chi connectivity index (χ1v) is 11.2. The van der Waals surface area contributed by atoms with Crippen LogP contribution >= 0.6 is 11.3 Å². The molecule has 1 aliphatic heterocycles. The number of hydrogen-bond donors (Lipinski definition) is 1. The van der Waals surface area contributed by atoms with Gasteiger partial charge in [0.25, 0.3) is 0 Å². The summed E-state index contributed by atoms with van der Waals surface area (Å²) in [5, 5.41) is 5.86. The van der Waals surface area contributed by atoms with Crippen molar-refractivity contribution in [2.75, 3.05) is 25.6 Å². The molecule has 6 nitrogen and oxygen atoms in total. The third-order valence-corrected chi connectivity index (χ3v) is 5.97. The Bertz CT molecular complexity index is 1080. The van der Waals surface area contributed by atoms with Gasteiger partial charge in [-0.05, 0) is 55.8 Å². The molecule has 0 saturated carbocycles. The third kappa shape index (κ3) is 5.62. The van der Waals surface area contributed by atoms with Crippen LogP contribution in [-0.4, -0.2) is 36.1 Å². The minimum atomic E-state index is -0.0424. The predicted molar refractivity (Wildman–Crippen MR) is 123 cm³/mol. The lowest BCUT2D eigenvalue weighted by molar-refractivity contribution is -0.115. The van der Waals surface area contributed by atoms with Crippen molar-refractivity contribution in [2.24, 2.45) is 0 Å². The van der Waals surface area contributed by atoms with Gasteiger partial charge in [0.05, 0.1) is 12.1 Å². The number of fused-ring (bicyclic) bond motifs is 1. The summed E-state index contributed by atoms with van der Waals surface area (Å²) in [4.78, 5) is 19.3. The van der Waals surface area contributed by atoms with Gasteiger partial charge in [0.1, 0.15) is 18.2 Å². The van der Waals surface area contributed by atoms with Crippen molar-refractivity contribution in [3.8, 4) is 11.5 Å². The van der Waals surface area contributed by atoms with Crippen LogP contribution in [0.5, 0.6) is 11.5 Å².